The molecule has 5 nitrogen and oxygen atoms in total. The Bertz CT molecular complexity index is 673. The van der Waals surface area contributed by atoms with Crippen LogP contribution in [0.25, 0.3) is 0 Å². The molecule has 0 saturated carbocycles. The number of nitrogens with zero attached hydrogens (tertiary/aromatic N) is 3. The quantitative estimate of drug-likeness (QED) is 0.773. The van der Waals surface area contributed by atoms with Crippen molar-refractivity contribution < 1.29 is 4.42 Å². The van der Waals surface area contributed by atoms with Gasteiger partial charge in [-0.3, -0.25) is 0 Å². The topological polar surface area (TPSA) is 55.9 Å². The summed E-state index contributed by atoms with van der Waals surface area (Å²) in [4.78, 5) is 3.96. The fourth-order valence-electron chi connectivity index (χ4n) is 2.08. The van der Waals surface area contributed by atoms with Gasteiger partial charge in [0.15, 0.2) is 0 Å². The molecule has 2 aromatic heterocycles. The van der Waals surface area contributed by atoms with Gasteiger partial charge in [0.1, 0.15) is 24.2 Å². The summed E-state index contributed by atoms with van der Waals surface area (Å²) in [6.07, 6.45) is 3.26. The summed E-state index contributed by atoms with van der Waals surface area (Å²) in [5.74, 6) is 1.86. The first-order chi connectivity index (χ1) is 9.81. The van der Waals surface area contributed by atoms with E-state index in [1.165, 1.54) is 5.56 Å². The summed E-state index contributed by atoms with van der Waals surface area (Å²) >= 11 is 0. The molecule has 0 spiro atoms. The van der Waals surface area contributed by atoms with E-state index in [1.54, 1.807) is 17.3 Å². The largest absolute Gasteiger partial charge is 0.465 e. The van der Waals surface area contributed by atoms with Gasteiger partial charge in [-0.1, -0.05) is 18.2 Å². The first-order valence-corrected chi connectivity index (χ1v) is 6.51. The molecule has 102 valence electrons. The lowest BCUT2D eigenvalue weighted by molar-refractivity contribution is 0.490. The van der Waals surface area contributed by atoms with Crippen LogP contribution >= 0.6 is 0 Å². The molecule has 0 atom stereocenters. The lowest BCUT2D eigenvalue weighted by atomic mass is 10.1. The maximum atomic E-state index is 5.56. The minimum absolute atomic E-state index is 0.669. The number of furan rings is 1. The van der Waals surface area contributed by atoms with Gasteiger partial charge in [0, 0.05) is 5.69 Å². The Morgan fingerprint density at radius 2 is 2.10 bits per heavy atom. The molecule has 2 heterocycles. The van der Waals surface area contributed by atoms with Gasteiger partial charge in [0.25, 0.3) is 0 Å². The number of rotatable bonds is 5. The number of nitrogens with one attached hydrogen (secondary N) is 1. The maximum absolute atomic E-state index is 5.56. The summed E-state index contributed by atoms with van der Waals surface area (Å²) < 4.78 is 7.36. The summed E-state index contributed by atoms with van der Waals surface area (Å²) in [6, 6.07) is 12.1. The van der Waals surface area contributed by atoms with Crippen LogP contribution in [0.3, 0.4) is 0 Å². The zero-order valence-corrected chi connectivity index (χ0v) is 11.3. The van der Waals surface area contributed by atoms with E-state index >= 15 is 0 Å². The molecule has 0 amide bonds. The van der Waals surface area contributed by atoms with E-state index in [1.807, 2.05) is 31.2 Å². The number of hydrogen-bond donors (Lipinski definition) is 1. The Balaban J connectivity index is 1.72. The number of aryl methyl sites for hydroxylation is 1. The van der Waals surface area contributed by atoms with Crippen LogP contribution in [0.5, 0.6) is 0 Å². The van der Waals surface area contributed by atoms with E-state index in [-0.39, 0.29) is 0 Å². The van der Waals surface area contributed by atoms with Crippen molar-refractivity contribution >= 4 is 5.69 Å². The summed E-state index contributed by atoms with van der Waals surface area (Å²) in [5, 5.41) is 7.53. The smallest absolute Gasteiger partial charge is 0.137 e. The predicted octanol–water partition coefficient (Wildman–Crippen LogP) is 2.84. The van der Waals surface area contributed by atoms with Crippen LogP contribution in [0.2, 0.25) is 0 Å². The van der Waals surface area contributed by atoms with Gasteiger partial charge in [-0.2, -0.15) is 5.10 Å². The van der Waals surface area contributed by atoms with Gasteiger partial charge >= 0.3 is 0 Å². The third-order valence-electron chi connectivity index (χ3n) is 3.07. The van der Waals surface area contributed by atoms with Crippen molar-refractivity contribution in [2.75, 3.05) is 5.32 Å². The molecule has 0 aliphatic rings. The molecule has 3 aromatic rings. The summed E-state index contributed by atoms with van der Waals surface area (Å²) in [6.45, 7) is 3.31. The number of aromatic nitrogens is 3. The number of benzene rings is 1. The van der Waals surface area contributed by atoms with Crippen LogP contribution in [-0.2, 0) is 13.1 Å². The van der Waals surface area contributed by atoms with Gasteiger partial charge in [-0.25, -0.2) is 9.67 Å². The number of hydrogen-bond acceptors (Lipinski definition) is 4. The zero-order valence-electron chi connectivity index (χ0n) is 11.3. The molecule has 3 rings (SSSR count). The normalized spacial score (nSPS) is 10.7. The Kier molecular flexibility index (Phi) is 3.50. The first-order valence-electron chi connectivity index (χ1n) is 6.51. The summed E-state index contributed by atoms with van der Waals surface area (Å²) in [7, 11) is 0. The van der Waals surface area contributed by atoms with E-state index < -0.39 is 0 Å². The predicted molar refractivity (Wildman–Crippen MR) is 76.3 cm³/mol. The maximum Gasteiger partial charge on any atom is 0.137 e. The molecular weight excluding hydrogens is 252 g/mol. The third-order valence-corrected chi connectivity index (χ3v) is 3.07. The molecule has 0 aliphatic carbocycles. The van der Waals surface area contributed by atoms with Gasteiger partial charge in [-0.15, -0.1) is 0 Å². The van der Waals surface area contributed by atoms with Crippen molar-refractivity contribution in [3.63, 3.8) is 0 Å². The van der Waals surface area contributed by atoms with Crippen LogP contribution < -0.4 is 5.32 Å². The fraction of sp³-hybridized carbons (Fsp3) is 0.200. The van der Waals surface area contributed by atoms with E-state index in [2.05, 4.69) is 27.5 Å². The lowest BCUT2D eigenvalue weighted by Gasteiger charge is -2.11. The van der Waals surface area contributed by atoms with E-state index in [9.17, 15) is 0 Å². The van der Waals surface area contributed by atoms with Crippen molar-refractivity contribution in [3.8, 4) is 0 Å². The molecule has 0 bridgehead atoms. The Morgan fingerprint density at radius 3 is 2.85 bits per heavy atom. The first kappa shape index (κ1) is 12.5. The molecule has 0 aliphatic heterocycles. The highest BCUT2D eigenvalue weighted by Crippen LogP contribution is 2.17. The van der Waals surface area contributed by atoms with Gasteiger partial charge in [0.05, 0.1) is 13.1 Å². The lowest BCUT2D eigenvalue weighted by Crippen LogP contribution is -2.06. The van der Waals surface area contributed by atoms with Crippen molar-refractivity contribution in [2.45, 2.75) is 20.0 Å². The Morgan fingerprint density at radius 1 is 1.20 bits per heavy atom. The monoisotopic (exact) mass is 268 g/mol. The van der Waals surface area contributed by atoms with Gasteiger partial charge in [-0.05, 0) is 30.7 Å². The Labute approximate surface area is 117 Å². The highest BCUT2D eigenvalue weighted by molar-refractivity contribution is 5.51. The third kappa shape index (κ3) is 2.88. The van der Waals surface area contributed by atoms with Gasteiger partial charge in [0.2, 0.25) is 0 Å². The molecule has 1 N–H and O–H groups in total. The fourth-order valence-corrected chi connectivity index (χ4v) is 2.08. The molecule has 0 radical (unpaired) electrons. The second-order valence-electron chi connectivity index (χ2n) is 4.62. The highest BCUT2D eigenvalue weighted by Gasteiger charge is 2.04. The summed E-state index contributed by atoms with van der Waals surface area (Å²) in [5.41, 5.74) is 2.25. The highest BCUT2D eigenvalue weighted by atomic mass is 16.3. The van der Waals surface area contributed by atoms with Crippen LogP contribution in [0, 0.1) is 6.92 Å². The van der Waals surface area contributed by atoms with Crippen molar-refractivity contribution in [3.05, 3.63) is 66.1 Å². The molecule has 1 aromatic carbocycles. The minimum atomic E-state index is 0.669. The van der Waals surface area contributed by atoms with Crippen molar-refractivity contribution in [1.29, 1.82) is 0 Å². The molecule has 0 unspecified atom stereocenters. The molecule has 0 fully saturated rings. The molecular formula is C15H16N4O. The zero-order chi connectivity index (χ0) is 13.8. The molecule has 20 heavy (non-hydrogen) atoms. The van der Waals surface area contributed by atoms with Crippen molar-refractivity contribution in [2.24, 2.45) is 0 Å². The minimum Gasteiger partial charge on any atom is -0.465 e. The van der Waals surface area contributed by atoms with Crippen LogP contribution in [0.1, 0.15) is 17.1 Å². The van der Waals surface area contributed by atoms with Gasteiger partial charge < -0.3 is 9.73 Å². The standard InChI is InChI=1S/C15H16N4O/c1-12-6-7-14(20-12)8-17-15-5-3-2-4-13(15)9-19-11-16-10-18-19/h2-7,10-11,17H,8-9H2,1H3. The molecule has 5 heteroatoms. The van der Waals surface area contributed by atoms with Crippen molar-refractivity contribution in [1.82, 2.24) is 14.8 Å². The number of para-hydroxylation sites is 1. The van der Waals surface area contributed by atoms with Crippen LogP contribution in [0.4, 0.5) is 5.69 Å². The Hall–Kier alpha value is -2.56. The van der Waals surface area contributed by atoms with Crippen LogP contribution in [0.15, 0.2) is 53.5 Å². The second-order valence-corrected chi connectivity index (χ2v) is 4.62. The SMILES string of the molecule is Cc1ccc(CNc2ccccc2Cn2cncn2)o1. The average molecular weight is 268 g/mol. The van der Waals surface area contributed by atoms with E-state index in [0.29, 0.717) is 13.1 Å². The van der Waals surface area contributed by atoms with E-state index in [4.69, 9.17) is 4.42 Å². The average Bonchev–Trinajstić information content (AvgIpc) is 3.10. The van der Waals surface area contributed by atoms with E-state index in [0.717, 1.165) is 17.2 Å². The molecule has 0 saturated heterocycles. The second kappa shape index (κ2) is 5.61. The van der Waals surface area contributed by atoms with Crippen LogP contribution in [-0.4, -0.2) is 14.8 Å². The number of anilines is 1.